The quantitative estimate of drug-likeness (QED) is 0.630. The molecule has 1 saturated carbocycles. The Morgan fingerprint density at radius 1 is 1.19 bits per heavy atom. The number of aliphatic hydroxyl groups is 1. The van der Waals surface area contributed by atoms with E-state index in [-0.39, 0.29) is 11.8 Å². The second kappa shape index (κ2) is 7.29. The van der Waals surface area contributed by atoms with Gasteiger partial charge in [-0.15, -0.1) is 10.2 Å². The zero-order valence-corrected chi connectivity index (χ0v) is 15.7. The van der Waals surface area contributed by atoms with E-state index in [0.29, 0.717) is 27.6 Å². The third-order valence-corrected chi connectivity index (χ3v) is 5.32. The molecule has 140 valence electrons. The average Bonchev–Trinajstić information content (AvgIpc) is 2.64. The zero-order valence-electron chi connectivity index (χ0n) is 15.0. The lowest BCUT2D eigenvalue weighted by molar-refractivity contribution is 0.116. The highest BCUT2D eigenvalue weighted by atomic mass is 35.5. The molecular weight excluding hydrogens is 364 g/mol. The molecule has 1 aliphatic rings. The first-order chi connectivity index (χ1) is 13.0. The summed E-state index contributed by atoms with van der Waals surface area (Å²) in [5.74, 6) is 0.642. The summed E-state index contributed by atoms with van der Waals surface area (Å²) in [5.41, 5.74) is 2.51. The zero-order chi connectivity index (χ0) is 19.0. The highest BCUT2D eigenvalue weighted by molar-refractivity contribution is 6.31. The number of phenols is 1. The Balaban J connectivity index is 1.82. The van der Waals surface area contributed by atoms with Crippen LogP contribution in [0.2, 0.25) is 5.02 Å². The van der Waals surface area contributed by atoms with Gasteiger partial charge in [0.1, 0.15) is 17.0 Å². The van der Waals surface area contributed by atoms with Crippen molar-refractivity contribution in [3.63, 3.8) is 0 Å². The summed E-state index contributed by atoms with van der Waals surface area (Å²) in [7, 11) is 0. The summed E-state index contributed by atoms with van der Waals surface area (Å²) < 4.78 is 0. The molecule has 0 spiro atoms. The van der Waals surface area contributed by atoms with E-state index in [0.717, 1.165) is 36.6 Å². The number of rotatable bonds is 3. The lowest BCUT2D eigenvalue weighted by Crippen LogP contribution is -2.36. The van der Waals surface area contributed by atoms with Gasteiger partial charge in [0, 0.05) is 22.2 Å². The van der Waals surface area contributed by atoms with Gasteiger partial charge >= 0.3 is 0 Å². The van der Waals surface area contributed by atoms with Crippen LogP contribution in [0, 0.1) is 6.92 Å². The molecule has 27 heavy (non-hydrogen) atoms. The number of aliphatic hydroxyl groups excluding tert-OH is 1. The number of hydrogen-bond acceptors (Lipinski definition) is 6. The first kappa shape index (κ1) is 17.9. The molecule has 4 rings (SSSR count). The summed E-state index contributed by atoms with van der Waals surface area (Å²) in [6, 6.07) is 6.97. The van der Waals surface area contributed by atoms with Gasteiger partial charge in [-0.25, -0.2) is 0 Å². The van der Waals surface area contributed by atoms with E-state index in [1.54, 1.807) is 12.3 Å². The van der Waals surface area contributed by atoms with Crippen LogP contribution in [-0.2, 0) is 0 Å². The molecule has 1 fully saturated rings. The molecule has 0 aliphatic heterocycles. The SMILES string of the molecule is Cc1cc(Cl)cc(O)c1-c1nnc(NC2CCCCC2O)c2cccnc12. The number of hydrogen-bond donors (Lipinski definition) is 3. The molecule has 0 radical (unpaired) electrons. The van der Waals surface area contributed by atoms with Crippen LogP contribution >= 0.6 is 11.6 Å². The van der Waals surface area contributed by atoms with Crippen LogP contribution in [0.1, 0.15) is 31.2 Å². The summed E-state index contributed by atoms with van der Waals surface area (Å²) >= 11 is 6.03. The molecule has 2 aromatic heterocycles. The lowest BCUT2D eigenvalue weighted by atomic mass is 9.92. The van der Waals surface area contributed by atoms with Crippen LogP contribution in [0.15, 0.2) is 30.5 Å². The molecule has 1 aromatic carbocycles. The fourth-order valence-corrected chi connectivity index (χ4v) is 4.02. The number of aromatic nitrogens is 3. The number of aromatic hydroxyl groups is 1. The number of nitrogens with zero attached hydrogens (tertiary/aromatic N) is 3. The van der Waals surface area contributed by atoms with E-state index in [2.05, 4.69) is 20.5 Å². The van der Waals surface area contributed by atoms with Crippen molar-refractivity contribution in [1.29, 1.82) is 0 Å². The van der Waals surface area contributed by atoms with Crippen molar-refractivity contribution in [2.75, 3.05) is 5.32 Å². The molecule has 2 heterocycles. The van der Waals surface area contributed by atoms with Crippen molar-refractivity contribution in [1.82, 2.24) is 15.2 Å². The monoisotopic (exact) mass is 384 g/mol. The predicted molar refractivity (Wildman–Crippen MR) is 106 cm³/mol. The van der Waals surface area contributed by atoms with Gasteiger partial charge < -0.3 is 15.5 Å². The molecule has 1 aliphatic carbocycles. The Morgan fingerprint density at radius 2 is 2.00 bits per heavy atom. The maximum Gasteiger partial charge on any atom is 0.158 e. The molecule has 0 amide bonds. The Morgan fingerprint density at radius 3 is 2.78 bits per heavy atom. The molecule has 0 bridgehead atoms. The minimum absolute atomic E-state index is 0.0460. The van der Waals surface area contributed by atoms with E-state index in [1.165, 1.54) is 6.07 Å². The smallest absolute Gasteiger partial charge is 0.158 e. The van der Waals surface area contributed by atoms with Gasteiger partial charge in [0.2, 0.25) is 0 Å². The third-order valence-electron chi connectivity index (χ3n) is 5.11. The average molecular weight is 385 g/mol. The van der Waals surface area contributed by atoms with Crippen molar-refractivity contribution >= 4 is 28.3 Å². The number of nitrogens with one attached hydrogen (secondary N) is 1. The molecule has 7 heteroatoms. The van der Waals surface area contributed by atoms with Crippen LogP contribution in [0.3, 0.4) is 0 Å². The van der Waals surface area contributed by atoms with Gasteiger partial charge in [0.15, 0.2) is 5.82 Å². The van der Waals surface area contributed by atoms with E-state index in [4.69, 9.17) is 11.6 Å². The van der Waals surface area contributed by atoms with E-state index in [9.17, 15) is 10.2 Å². The normalized spacial score (nSPS) is 20.0. The molecular formula is C20H21ClN4O2. The number of halogens is 1. The van der Waals surface area contributed by atoms with Crippen LogP contribution < -0.4 is 5.32 Å². The maximum absolute atomic E-state index is 10.4. The molecule has 3 aromatic rings. The van der Waals surface area contributed by atoms with Gasteiger partial charge in [-0.1, -0.05) is 24.4 Å². The fourth-order valence-electron chi connectivity index (χ4n) is 3.75. The topological polar surface area (TPSA) is 91.2 Å². The Labute approximate surface area is 162 Å². The Hall–Kier alpha value is -2.44. The molecule has 6 nitrogen and oxygen atoms in total. The number of anilines is 1. The summed E-state index contributed by atoms with van der Waals surface area (Å²) in [5, 5.41) is 34.0. The van der Waals surface area contributed by atoms with Crippen molar-refractivity contribution in [2.24, 2.45) is 0 Å². The standard InChI is InChI=1S/C20H21ClN4O2/c1-11-9-12(21)10-16(27)17(11)19-18-13(5-4-8-22-18)20(25-24-19)23-14-6-2-3-7-15(14)26/h4-5,8-10,14-15,26-27H,2-3,6-7H2,1H3,(H,23,25). The van der Waals surface area contributed by atoms with Crippen molar-refractivity contribution in [2.45, 2.75) is 44.8 Å². The van der Waals surface area contributed by atoms with E-state index in [1.807, 2.05) is 19.1 Å². The van der Waals surface area contributed by atoms with Crippen LogP contribution in [-0.4, -0.2) is 37.5 Å². The van der Waals surface area contributed by atoms with E-state index >= 15 is 0 Å². The van der Waals surface area contributed by atoms with Crippen LogP contribution in [0.25, 0.3) is 22.2 Å². The second-order valence-electron chi connectivity index (χ2n) is 7.02. The largest absolute Gasteiger partial charge is 0.507 e. The maximum atomic E-state index is 10.4. The lowest BCUT2D eigenvalue weighted by Gasteiger charge is -2.29. The minimum Gasteiger partial charge on any atom is -0.507 e. The molecule has 2 atom stereocenters. The van der Waals surface area contributed by atoms with Crippen molar-refractivity contribution in [3.8, 4) is 17.0 Å². The number of fused-ring (bicyclic) bond motifs is 1. The van der Waals surface area contributed by atoms with Crippen molar-refractivity contribution < 1.29 is 10.2 Å². The summed E-state index contributed by atoms with van der Waals surface area (Å²) in [6.07, 6.45) is 5.10. The first-order valence-corrected chi connectivity index (χ1v) is 9.48. The van der Waals surface area contributed by atoms with Crippen LogP contribution in [0.5, 0.6) is 5.75 Å². The first-order valence-electron chi connectivity index (χ1n) is 9.10. The highest BCUT2D eigenvalue weighted by Crippen LogP contribution is 2.38. The Kier molecular flexibility index (Phi) is 4.85. The van der Waals surface area contributed by atoms with E-state index < -0.39 is 6.10 Å². The second-order valence-corrected chi connectivity index (χ2v) is 7.45. The number of phenolic OH excluding ortho intramolecular Hbond substituents is 1. The summed E-state index contributed by atoms with van der Waals surface area (Å²) in [6.45, 7) is 1.86. The minimum atomic E-state index is -0.394. The van der Waals surface area contributed by atoms with Gasteiger partial charge in [0.05, 0.1) is 12.1 Å². The molecule has 3 N–H and O–H groups in total. The van der Waals surface area contributed by atoms with Crippen molar-refractivity contribution in [3.05, 3.63) is 41.0 Å². The van der Waals surface area contributed by atoms with Crippen LogP contribution in [0.4, 0.5) is 5.82 Å². The highest BCUT2D eigenvalue weighted by Gasteiger charge is 2.25. The van der Waals surface area contributed by atoms with Gasteiger partial charge in [-0.05, 0) is 49.6 Å². The number of aryl methyl sites for hydroxylation is 1. The number of pyridine rings is 1. The predicted octanol–water partition coefficient (Wildman–Crippen LogP) is 4.07. The number of benzene rings is 1. The fraction of sp³-hybridized carbons (Fsp3) is 0.350. The molecule has 0 saturated heterocycles. The van der Waals surface area contributed by atoms with Gasteiger partial charge in [-0.2, -0.15) is 0 Å². The third kappa shape index (κ3) is 3.42. The Bertz CT molecular complexity index is 972. The van der Waals surface area contributed by atoms with Gasteiger partial charge in [-0.3, -0.25) is 4.98 Å². The summed E-state index contributed by atoms with van der Waals surface area (Å²) in [4.78, 5) is 4.49. The van der Waals surface area contributed by atoms with Gasteiger partial charge in [0.25, 0.3) is 0 Å². The molecule has 2 unspecified atom stereocenters.